The van der Waals surface area contributed by atoms with Gasteiger partial charge in [-0.25, -0.2) is 0 Å². The largest absolute Gasteiger partial charge is 0.409 e. The molecule has 0 heterocycles. The minimum atomic E-state index is 0.300. The Labute approximate surface area is 102 Å². The van der Waals surface area contributed by atoms with Crippen molar-refractivity contribution >= 4 is 17.6 Å². The molecule has 4 N–H and O–H groups in total. The van der Waals surface area contributed by atoms with E-state index in [1.165, 1.54) is 32.1 Å². The Kier molecular flexibility index (Phi) is 5.98. The van der Waals surface area contributed by atoms with Crippen LogP contribution in [0, 0.1) is 0 Å². The summed E-state index contributed by atoms with van der Waals surface area (Å²) in [7, 11) is 0. The van der Waals surface area contributed by atoms with Crippen molar-refractivity contribution in [2.24, 2.45) is 10.9 Å². The fourth-order valence-electron chi connectivity index (χ4n) is 2.23. The number of nitrogens with one attached hydrogen (secondary N) is 1. The summed E-state index contributed by atoms with van der Waals surface area (Å²) in [6, 6.07) is 0. The normalized spacial score (nSPS) is 20.9. The molecular weight excluding hydrogens is 222 g/mol. The van der Waals surface area contributed by atoms with Gasteiger partial charge in [-0.15, -0.1) is 0 Å². The molecule has 0 amide bonds. The van der Waals surface area contributed by atoms with Crippen molar-refractivity contribution in [3.8, 4) is 0 Å². The van der Waals surface area contributed by atoms with E-state index in [1.54, 1.807) is 0 Å². The third-order valence-corrected chi connectivity index (χ3v) is 4.75. The Morgan fingerprint density at radius 2 is 2.12 bits per heavy atom. The molecule has 1 fully saturated rings. The second kappa shape index (κ2) is 7.01. The van der Waals surface area contributed by atoms with Crippen molar-refractivity contribution in [1.82, 2.24) is 5.32 Å². The van der Waals surface area contributed by atoms with Crippen LogP contribution in [0.3, 0.4) is 0 Å². The van der Waals surface area contributed by atoms with Gasteiger partial charge in [-0.05, 0) is 19.1 Å². The number of amidine groups is 1. The SMILES string of the molecule is CSC1(CNCCC(N)=NO)CCCCC1. The van der Waals surface area contributed by atoms with Gasteiger partial charge in [0.15, 0.2) is 0 Å². The van der Waals surface area contributed by atoms with Gasteiger partial charge >= 0.3 is 0 Å². The predicted molar refractivity (Wildman–Crippen MR) is 70.2 cm³/mol. The lowest BCUT2D eigenvalue weighted by Gasteiger charge is -2.36. The maximum atomic E-state index is 8.41. The number of nitrogens with zero attached hydrogens (tertiary/aromatic N) is 1. The maximum Gasteiger partial charge on any atom is 0.140 e. The summed E-state index contributed by atoms with van der Waals surface area (Å²) >= 11 is 1.98. The van der Waals surface area contributed by atoms with Crippen LogP contribution in [0.1, 0.15) is 38.5 Å². The second-order valence-electron chi connectivity index (χ2n) is 4.47. The summed E-state index contributed by atoms with van der Waals surface area (Å²) in [5, 5.41) is 14.8. The van der Waals surface area contributed by atoms with Gasteiger partial charge in [-0.2, -0.15) is 11.8 Å². The number of rotatable bonds is 6. The quantitative estimate of drug-likeness (QED) is 0.219. The van der Waals surface area contributed by atoms with Crippen LogP contribution >= 0.6 is 11.8 Å². The fraction of sp³-hybridized carbons (Fsp3) is 0.909. The summed E-state index contributed by atoms with van der Waals surface area (Å²) in [5.74, 6) is 0.300. The van der Waals surface area contributed by atoms with E-state index in [0.717, 1.165) is 13.1 Å². The smallest absolute Gasteiger partial charge is 0.140 e. The molecular formula is C11H23N3OS. The fourth-order valence-corrected chi connectivity index (χ4v) is 3.18. The molecule has 0 aromatic heterocycles. The van der Waals surface area contributed by atoms with E-state index in [9.17, 15) is 0 Å². The summed E-state index contributed by atoms with van der Waals surface area (Å²) < 4.78 is 0.420. The third-order valence-electron chi connectivity index (χ3n) is 3.33. The van der Waals surface area contributed by atoms with Crippen molar-refractivity contribution in [2.75, 3.05) is 19.3 Å². The van der Waals surface area contributed by atoms with Gasteiger partial charge in [0.2, 0.25) is 0 Å². The molecule has 0 aliphatic heterocycles. The highest BCUT2D eigenvalue weighted by atomic mass is 32.2. The van der Waals surface area contributed by atoms with Crippen LogP contribution in [0.5, 0.6) is 0 Å². The number of hydrogen-bond acceptors (Lipinski definition) is 4. The molecule has 0 atom stereocenters. The van der Waals surface area contributed by atoms with E-state index in [2.05, 4.69) is 16.7 Å². The molecule has 1 aliphatic rings. The topological polar surface area (TPSA) is 70.6 Å². The number of hydrogen-bond donors (Lipinski definition) is 3. The lowest BCUT2D eigenvalue weighted by Crippen LogP contribution is -2.40. The Hall–Kier alpha value is -0.420. The molecule has 0 bridgehead atoms. The minimum Gasteiger partial charge on any atom is -0.409 e. The molecule has 0 radical (unpaired) electrons. The van der Waals surface area contributed by atoms with Gasteiger partial charge in [0.1, 0.15) is 5.84 Å². The second-order valence-corrected chi connectivity index (χ2v) is 5.74. The van der Waals surface area contributed by atoms with Crippen LogP contribution in [-0.2, 0) is 0 Å². The first-order valence-corrected chi connectivity index (χ1v) is 7.17. The average Bonchev–Trinajstić information content (AvgIpc) is 2.35. The molecule has 5 heteroatoms. The average molecular weight is 245 g/mol. The van der Waals surface area contributed by atoms with Crippen LogP contribution in [0.4, 0.5) is 0 Å². The van der Waals surface area contributed by atoms with Gasteiger partial charge in [-0.3, -0.25) is 0 Å². The van der Waals surface area contributed by atoms with E-state index < -0.39 is 0 Å². The van der Waals surface area contributed by atoms with E-state index in [4.69, 9.17) is 10.9 Å². The molecule has 1 saturated carbocycles. The van der Waals surface area contributed by atoms with Crippen molar-refractivity contribution in [3.63, 3.8) is 0 Å². The van der Waals surface area contributed by atoms with Crippen LogP contribution in [0.15, 0.2) is 5.16 Å². The molecule has 1 aliphatic carbocycles. The standard InChI is InChI=1S/C11H23N3OS/c1-16-11(6-3-2-4-7-11)9-13-8-5-10(12)14-15/h13,15H,2-9H2,1H3,(H2,12,14). The maximum absolute atomic E-state index is 8.41. The van der Waals surface area contributed by atoms with Gasteiger partial charge in [0.05, 0.1) is 0 Å². The molecule has 16 heavy (non-hydrogen) atoms. The summed E-state index contributed by atoms with van der Waals surface area (Å²) in [6.45, 7) is 1.82. The van der Waals surface area contributed by atoms with Crippen molar-refractivity contribution in [3.05, 3.63) is 0 Å². The molecule has 1 rings (SSSR count). The Bertz CT molecular complexity index is 227. The third kappa shape index (κ3) is 4.22. The minimum absolute atomic E-state index is 0.300. The summed E-state index contributed by atoms with van der Waals surface area (Å²) in [6.07, 6.45) is 9.52. The van der Waals surface area contributed by atoms with Crippen LogP contribution in [0.25, 0.3) is 0 Å². The summed E-state index contributed by atoms with van der Waals surface area (Å²) in [4.78, 5) is 0. The molecule has 4 nitrogen and oxygen atoms in total. The summed E-state index contributed by atoms with van der Waals surface area (Å²) in [5.41, 5.74) is 5.41. The van der Waals surface area contributed by atoms with Gasteiger partial charge < -0.3 is 16.3 Å². The highest BCUT2D eigenvalue weighted by Gasteiger charge is 2.30. The van der Waals surface area contributed by atoms with Gasteiger partial charge in [0, 0.05) is 24.3 Å². The van der Waals surface area contributed by atoms with E-state index in [0.29, 0.717) is 17.0 Å². The van der Waals surface area contributed by atoms with Gasteiger partial charge in [-0.1, -0.05) is 24.4 Å². The number of oxime groups is 1. The van der Waals surface area contributed by atoms with E-state index in [1.807, 2.05) is 11.8 Å². The van der Waals surface area contributed by atoms with Crippen molar-refractivity contribution in [2.45, 2.75) is 43.3 Å². The highest BCUT2D eigenvalue weighted by Crippen LogP contribution is 2.37. The molecule has 0 unspecified atom stereocenters. The molecule has 94 valence electrons. The van der Waals surface area contributed by atoms with Crippen LogP contribution < -0.4 is 11.1 Å². The zero-order valence-electron chi connectivity index (χ0n) is 10.0. The lowest BCUT2D eigenvalue weighted by atomic mass is 9.88. The van der Waals surface area contributed by atoms with Crippen molar-refractivity contribution in [1.29, 1.82) is 0 Å². The first-order valence-electron chi connectivity index (χ1n) is 5.95. The first-order chi connectivity index (χ1) is 7.72. The number of nitrogens with two attached hydrogens (primary N) is 1. The zero-order chi connectivity index (χ0) is 11.9. The number of thioether (sulfide) groups is 1. The lowest BCUT2D eigenvalue weighted by molar-refractivity contribution is 0.316. The highest BCUT2D eigenvalue weighted by molar-refractivity contribution is 8.00. The molecule has 0 spiro atoms. The first kappa shape index (κ1) is 13.6. The monoisotopic (exact) mass is 245 g/mol. The molecule has 0 saturated heterocycles. The molecule has 0 aromatic rings. The van der Waals surface area contributed by atoms with Crippen LogP contribution in [-0.4, -0.2) is 35.1 Å². The van der Waals surface area contributed by atoms with Gasteiger partial charge in [0.25, 0.3) is 0 Å². The Morgan fingerprint density at radius 1 is 1.44 bits per heavy atom. The van der Waals surface area contributed by atoms with E-state index in [-0.39, 0.29) is 0 Å². The Morgan fingerprint density at radius 3 is 2.69 bits per heavy atom. The van der Waals surface area contributed by atoms with Crippen molar-refractivity contribution < 1.29 is 5.21 Å². The predicted octanol–water partition coefficient (Wildman–Crippen LogP) is 1.78. The zero-order valence-corrected chi connectivity index (χ0v) is 10.9. The molecule has 0 aromatic carbocycles. The van der Waals surface area contributed by atoms with Crippen LogP contribution in [0.2, 0.25) is 0 Å². The van der Waals surface area contributed by atoms with E-state index >= 15 is 0 Å². The Balaban J connectivity index is 2.23.